The molecule has 0 spiro atoms. The van der Waals surface area contributed by atoms with Gasteiger partial charge in [0, 0.05) is 6.42 Å². The molecule has 0 radical (unpaired) electrons. The molecular weight excluding hydrogens is 184 g/mol. The van der Waals surface area contributed by atoms with Crippen LogP contribution in [0.25, 0.3) is 0 Å². The molecule has 88 valence electrons. The van der Waals surface area contributed by atoms with Crippen molar-refractivity contribution in [2.45, 2.75) is 65.7 Å². The van der Waals surface area contributed by atoms with Crippen molar-refractivity contribution < 1.29 is 4.79 Å². The van der Waals surface area contributed by atoms with Gasteiger partial charge in [-0.15, -0.1) is 0 Å². The van der Waals surface area contributed by atoms with E-state index >= 15 is 0 Å². The third-order valence-electron chi connectivity index (χ3n) is 3.68. The molecule has 0 heterocycles. The molecule has 0 saturated heterocycles. The smallest absolute Gasteiger partial charge is 0.129 e. The molecule has 1 nitrogen and oxygen atoms in total. The largest absolute Gasteiger partial charge is 0.300 e. The zero-order valence-electron chi connectivity index (χ0n) is 10.6. The standard InChI is InChI=1S/C14H26O/c1-11(2)10-14-8-6-13(7-9-14)5-4-12(3)15/h11,13-14H,4-10H2,1-3H3. The van der Waals surface area contributed by atoms with Gasteiger partial charge in [0.15, 0.2) is 0 Å². The van der Waals surface area contributed by atoms with Gasteiger partial charge in [0.2, 0.25) is 0 Å². The lowest BCUT2D eigenvalue weighted by Crippen LogP contribution is -2.16. The first kappa shape index (κ1) is 12.7. The van der Waals surface area contributed by atoms with Gasteiger partial charge in [-0.05, 0) is 37.5 Å². The van der Waals surface area contributed by atoms with Gasteiger partial charge in [-0.2, -0.15) is 0 Å². The first-order valence-corrected chi connectivity index (χ1v) is 6.57. The summed E-state index contributed by atoms with van der Waals surface area (Å²) in [6.07, 6.45) is 8.89. The van der Waals surface area contributed by atoms with E-state index in [1.165, 1.54) is 32.1 Å². The summed E-state index contributed by atoms with van der Waals surface area (Å²) >= 11 is 0. The van der Waals surface area contributed by atoms with Crippen LogP contribution >= 0.6 is 0 Å². The van der Waals surface area contributed by atoms with Gasteiger partial charge in [0.25, 0.3) is 0 Å². The molecule has 0 unspecified atom stereocenters. The molecule has 1 aliphatic carbocycles. The topological polar surface area (TPSA) is 17.1 Å². The molecule has 0 amide bonds. The number of carbonyl (C=O) groups excluding carboxylic acids is 1. The second kappa shape index (κ2) is 6.30. The molecule has 1 heteroatoms. The monoisotopic (exact) mass is 210 g/mol. The molecule has 1 aliphatic rings. The number of rotatable bonds is 5. The minimum atomic E-state index is 0.360. The van der Waals surface area contributed by atoms with E-state index in [-0.39, 0.29) is 0 Å². The SMILES string of the molecule is CC(=O)CCC1CCC(CC(C)C)CC1. The third kappa shape index (κ3) is 5.34. The lowest BCUT2D eigenvalue weighted by Gasteiger charge is -2.29. The summed E-state index contributed by atoms with van der Waals surface area (Å²) < 4.78 is 0. The van der Waals surface area contributed by atoms with Crippen molar-refractivity contribution in [1.29, 1.82) is 0 Å². The lowest BCUT2D eigenvalue weighted by molar-refractivity contribution is -0.117. The molecule has 0 atom stereocenters. The maximum absolute atomic E-state index is 10.9. The molecule has 0 bridgehead atoms. The van der Waals surface area contributed by atoms with E-state index < -0.39 is 0 Å². The fourth-order valence-corrected chi connectivity index (χ4v) is 2.83. The highest BCUT2D eigenvalue weighted by molar-refractivity contribution is 5.75. The Balaban J connectivity index is 2.15. The quantitative estimate of drug-likeness (QED) is 0.664. The average molecular weight is 210 g/mol. The van der Waals surface area contributed by atoms with Gasteiger partial charge in [-0.25, -0.2) is 0 Å². The van der Waals surface area contributed by atoms with Crippen molar-refractivity contribution in [2.75, 3.05) is 0 Å². The van der Waals surface area contributed by atoms with Crippen LogP contribution in [0.15, 0.2) is 0 Å². The Morgan fingerprint density at radius 2 is 1.67 bits per heavy atom. The van der Waals surface area contributed by atoms with Crippen molar-refractivity contribution >= 4 is 5.78 Å². The first-order valence-electron chi connectivity index (χ1n) is 6.57. The zero-order valence-corrected chi connectivity index (χ0v) is 10.6. The summed E-state index contributed by atoms with van der Waals surface area (Å²) in [6.45, 7) is 6.36. The van der Waals surface area contributed by atoms with Crippen molar-refractivity contribution in [3.05, 3.63) is 0 Å². The van der Waals surface area contributed by atoms with Crippen LogP contribution in [0.2, 0.25) is 0 Å². The van der Waals surface area contributed by atoms with E-state index in [1.807, 2.05) is 0 Å². The number of ketones is 1. The predicted octanol–water partition coefficient (Wildman–Crippen LogP) is 4.21. The summed E-state index contributed by atoms with van der Waals surface area (Å²) in [5.41, 5.74) is 0. The second-order valence-corrected chi connectivity index (χ2v) is 5.76. The zero-order chi connectivity index (χ0) is 11.3. The summed E-state index contributed by atoms with van der Waals surface area (Å²) in [5.74, 6) is 3.03. The van der Waals surface area contributed by atoms with Crippen molar-refractivity contribution in [2.24, 2.45) is 17.8 Å². The molecule has 0 aromatic carbocycles. The Hall–Kier alpha value is -0.330. The number of carbonyl (C=O) groups is 1. The summed E-state index contributed by atoms with van der Waals surface area (Å²) in [5, 5.41) is 0. The highest BCUT2D eigenvalue weighted by Crippen LogP contribution is 2.34. The van der Waals surface area contributed by atoms with Crippen LogP contribution in [0, 0.1) is 17.8 Å². The molecule has 0 aromatic heterocycles. The van der Waals surface area contributed by atoms with Crippen LogP contribution < -0.4 is 0 Å². The maximum atomic E-state index is 10.9. The normalized spacial score (nSPS) is 26.9. The van der Waals surface area contributed by atoms with E-state index in [0.717, 1.165) is 30.6 Å². The third-order valence-corrected chi connectivity index (χ3v) is 3.68. The Labute approximate surface area is 94.6 Å². The Morgan fingerprint density at radius 3 is 2.13 bits per heavy atom. The van der Waals surface area contributed by atoms with E-state index in [9.17, 15) is 4.79 Å². The van der Waals surface area contributed by atoms with Gasteiger partial charge < -0.3 is 4.79 Å². The molecule has 1 fully saturated rings. The number of hydrogen-bond acceptors (Lipinski definition) is 1. The minimum absolute atomic E-state index is 0.360. The van der Waals surface area contributed by atoms with Gasteiger partial charge in [0.05, 0.1) is 0 Å². The lowest BCUT2D eigenvalue weighted by atomic mass is 9.77. The number of hydrogen-bond donors (Lipinski definition) is 0. The Bertz CT molecular complexity index is 188. The Kier molecular flexibility index (Phi) is 5.35. The summed E-state index contributed by atoms with van der Waals surface area (Å²) in [6, 6.07) is 0. The maximum Gasteiger partial charge on any atom is 0.129 e. The van der Waals surface area contributed by atoms with E-state index in [2.05, 4.69) is 13.8 Å². The molecular formula is C14H26O. The van der Waals surface area contributed by atoms with E-state index in [1.54, 1.807) is 6.92 Å². The molecule has 0 aliphatic heterocycles. The van der Waals surface area contributed by atoms with Crippen LogP contribution in [0.4, 0.5) is 0 Å². The van der Waals surface area contributed by atoms with Gasteiger partial charge >= 0.3 is 0 Å². The van der Waals surface area contributed by atoms with E-state index in [0.29, 0.717) is 5.78 Å². The minimum Gasteiger partial charge on any atom is -0.300 e. The number of Topliss-reactive ketones (excluding diaryl/α,β-unsaturated/α-hetero) is 1. The van der Waals surface area contributed by atoms with Gasteiger partial charge in [-0.3, -0.25) is 0 Å². The molecule has 0 aromatic rings. The van der Waals surface area contributed by atoms with Crippen molar-refractivity contribution in [3.63, 3.8) is 0 Å². The highest BCUT2D eigenvalue weighted by Gasteiger charge is 2.21. The summed E-state index contributed by atoms with van der Waals surface area (Å²) in [4.78, 5) is 10.9. The second-order valence-electron chi connectivity index (χ2n) is 5.76. The van der Waals surface area contributed by atoms with Gasteiger partial charge in [-0.1, -0.05) is 39.5 Å². The first-order chi connectivity index (χ1) is 7.08. The average Bonchev–Trinajstić information content (AvgIpc) is 2.16. The molecule has 1 rings (SSSR count). The molecule has 0 N–H and O–H groups in total. The Morgan fingerprint density at radius 1 is 1.13 bits per heavy atom. The molecule has 15 heavy (non-hydrogen) atoms. The van der Waals surface area contributed by atoms with Crippen LogP contribution in [0.1, 0.15) is 65.7 Å². The highest BCUT2D eigenvalue weighted by atomic mass is 16.1. The van der Waals surface area contributed by atoms with Crippen LogP contribution in [0.5, 0.6) is 0 Å². The predicted molar refractivity (Wildman–Crippen MR) is 64.8 cm³/mol. The molecule has 1 saturated carbocycles. The van der Waals surface area contributed by atoms with E-state index in [4.69, 9.17) is 0 Å². The van der Waals surface area contributed by atoms with Crippen LogP contribution in [-0.2, 0) is 4.79 Å². The van der Waals surface area contributed by atoms with Crippen molar-refractivity contribution in [1.82, 2.24) is 0 Å². The summed E-state index contributed by atoms with van der Waals surface area (Å²) in [7, 11) is 0. The fraction of sp³-hybridized carbons (Fsp3) is 0.929. The fourth-order valence-electron chi connectivity index (χ4n) is 2.83. The van der Waals surface area contributed by atoms with Crippen molar-refractivity contribution in [3.8, 4) is 0 Å². The van der Waals surface area contributed by atoms with Gasteiger partial charge in [0.1, 0.15) is 5.78 Å². The van der Waals surface area contributed by atoms with Crippen LogP contribution in [-0.4, -0.2) is 5.78 Å². The van der Waals surface area contributed by atoms with Crippen LogP contribution in [0.3, 0.4) is 0 Å².